The fraction of sp³-hybridized carbons (Fsp3) is 0.706. The van der Waals surface area contributed by atoms with Crippen LogP contribution < -0.4 is 0 Å². The van der Waals surface area contributed by atoms with Crippen molar-refractivity contribution in [3.63, 3.8) is 0 Å². The average Bonchev–Trinajstić information content (AvgIpc) is 2.99. The van der Waals surface area contributed by atoms with Gasteiger partial charge in [0.2, 0.25) is 5.91 Å². The number of likely N-dealkylation sites (tertiary alicyclic amines) is 2. The highest BCUT2D eigenvalue weighted by molar-refractivity contribution is 9.12. The molecule has 0 aromatic carbocycles. The number of carbonyl (C=O) groups is 3. The molecule has 7 nitrogen and oxygen atoms in total. The van der Waals surface area contributed by atoms with Gasteiger partial charge in [-0.15, -0.1) is 0 Å². The van der Waals surface area contributed by atoms with Gasteiger partial charge < -0.3 is 19.6 Å². The van der Waals surface area contributed by atoms with E-state index >= 15 is 0 Å². The second-order valence-corrected chi connectivity index (χ2v) is 8.94. The first-order valence-corrected chi connectivity index (χ1v) is 9.23. The largest absolute Gasteiger partial charge is 0.465 e. The number of hydrogen-bond donors (Lipinski definition) is 1. The molecule has 2 saturated heterocycles. The number of halogens is 1. The van der Waals surface area contributed by atoms with Gasteiger partial charge in [-0.1, -0.05) is 20.8 Å². The van der Waals surface area contributed by atoms with E-state index in [0.29, 0.717) is 42.5 Å². The van der Waals surface area contributed by atoms with Gasteiger partial charge in [0.05, 0.1) is 11.1 Å². The fourth-order valence-corrected chi connectivity index (χ4v) is 4.47. The highest BCUT2D eigenvalue weighted by Gasteiger charge is 2.57. The quantitative estimate of drug-likeness (QED) is 0.666. The Bertz CT molecular complexity index is 658. The van der Waals surface area contributed by atoms with Crippen LogP contribution in [0.4, 0.5) is 4.79 Å². The number of nitrogens with zero attached hydrogens (tertiary/aromatic N) is 2. The van der Waals surface area contributed by atoms with Crippen molar-refractivity contribution in [2.75, 3.05) is 19.7 Å². The first-order chi connectivity index (χ1) is 11.6. The van der Waals surface area contributed by atoms with Gasteiger partial charge in [0.25, 0.3) is 0 Å². The lowest BCUT2D eigenvalue weighted by atomic mass is 9.72. The summed E-state index contributed by atoms with van der Waals surface area (Å²) in [5, 5.41) is 9.17. The number of carbonyl (C=O) groups excluding carboxylic acids is 2. The van der Waals surface area contributed by atoms with Gasteiger partial charge >= 0.3 is 12.1 Å². The van der Waals surface area contributed by atoms with Gasteiger partial charge in [-0.3, -0.25) is 4.79 Å². The summed E-state index contributed by atoms with van der Waals surface area (Å²) >= 11 is 3.27. The van der Waals surface area contributed by atoms with E-state index in [2.05, 4.69) is 36.7 Å². The van der Waals surface area contributed by atoms with Crippen molar-refractivity contribution in [3.8, 4) is 0 Å². The zero-order chi connectivity index (χ0) is 18.6. The Morgan fingerprint density at radius 1 is 1.28 bits per heavy atom. The Morgan fingerprint density at radius 3 is 2.32 bits per heavy atom. The third-order valence-corrected chi connectivity index (χ3v) is 6.40. The molecule has 0 bridgehead atoms. The first kappa shape index (κ1) is 18.2. The third-order valence-electron chi connectivity index (χ3n) is 5.62. The molecule has 0 radical (unpaired) electrons. The van der Waals surface area contributed by atoms with E-state index in [1.54, 1.807) is 4.90 Å². The summed E-state index contributed by atoms with van der Waals surface area (Å²) in [5.74, 6) is -0.459. The molecule has 25 heavy (non-hydrogen) atoms. The van der Waals surface area contributed by atoms with Crippen LogP contribution in [0.5, 0.6) is 0 Å². The molecule has 0 aromatic rings. The Balaban J connectivity index is 1.94. The maximum absolute atomic E-state index is 13.4. The summed E-state index contributed by atoms with van der Waals surface area (Å²) in [6.07, 6.45) is 0.757. The number of cyclic esters (lactones) is 1. The van der Waals surface area contributed by atoms with Crippen LogP contribution in [0.25, 0.3) is 0 Å². The van der Waals surface area contributed by atoms with Gasteiger partial charge in [-0.25, -0.2) is 9.59 Å². The molecule has 3 rings (SSSR count). The molecule has 0 saturated carbocycles. The fourth-order valence-electron chi connectivity index (χ4n) is 4.05. The number of ether oxygens (including phenoxy) is 1. The molecule has 8 heteroatoms. The second-order valence-electron chi connectivity index (χ2n) is 8.15. The van der Waals surface area contributed by atoms with Gasteiger partial charge in [-0.2, -0.15) is 0 Å². The lowest BCUT2D eigenvalue weighted by Gasteiger charge is -2.36. The molecule has 138 valence electrons. The van der Waals surface area contributed by atoms with E-state index in [9.17, 15) is 14.4 Å². The zero-order valence-electron chi connectivity index (χ0n) is 14.7. The Hall–Kier alpha value is -1.57. The van der Waals surface area contributed by atoms with Crippen molar-refractivity contribution >= 4 is 33.9 Å². The summed E-state index contributed by atoms with van der Waals surface area (Å²) in [6, 6.07) is -0.0616. The lowest BCUT2D eigenvalue weighted by Crippen LogP contribution is -2.46. The Morgan fingerprint density at radius 2 is 1.88 bits per heavy atom. The SMILES string of the molecule is CC(C)(C)C1CC2(CCN(C(=O)O)CC2)C(=O)N1C1=C(Br)C(=O)OC1. The van der Waals surface area contributed by atoms with Crippen LogP contribution in [0.2, 0.25) is 0 Å². The summed E-state index contributed by atoms with van der Waals surface area (Å²) in [4.78, 5) is 39.4. The number of hydrogen-bond acceptors (Lipinski definition) is 4. The van der Waals surface area contributed by atoms with E-state index < -0.39 is 17.5 Å². The number of esters is 1. The van der Waals surface area contributed by atoms with Crippen LogP contribution in [0.3, 0.4) is 0 Å². The second kappa shape index (κ2) is 6.00. The highest BCUT2D eigenvalue weighted by atomic mass is 79.9. The average molecular weight is 415 g/mol. The molecule has 0 aliphatic carbocycles. The molecule has 1 atom stereocenters. The molecule has 3 aliphatic rings. The molecule has 2 amide bonds. The van der Waals surface area contributed by atoms with Crippen LogP contribution >= 0.6 is 15.9 Å². The number of carboxylic acid groups (broad SMARTS) is 1. The minimum Gasteiger partial charge on any atom is -0.465 e. The van der Waals surface area contributed by atoms with E-state index in [1.807, 2.05) is 0 Å². The molecule has 3 heterocycles. The van der Waals surface area contributed by atoms with Crippen molar-refractivity contribution in [2.45, 2.75) is 46.1 Å². The Labute approximate surface area is 155 Å². The van der Waals surface area contributed by atoms with E-state index in [4.69, 9.17) is 9.84 Å². The first-order valence-electron chi connectivity index (χ1n) is 8.44. The van der Waals surface area contributed by atoms with Gasteiger partial charge in [0.15, 0.2) is 0 Å². The summed E-state index contributed by atoms with van der Waals surface area (Å²) in [6.45, 7) is 7.05. The zero-order valence-corrected chi connectivity index (χ0v) is 16.3. The Kier molecular flexibility index (Phi) is 4.38. The summed E-state index contributed by atoms with van der Waals surface area (Å²) in [7, 11) is 0. The molecule has 0 aromatic heterocycles. The summed E-state index contributed by atoms with van der Waals surface area (Å²) < 4.78 is 5.40. The highest BCUT2D eigenvalue weighted by Crippen LogP contribution is 2.51. The smallest absolute Gasteiger partial charge is 0.407 e. The summed E-state index contributed by atoms with van der Waals surface area (Å²) in [5.41, 5.74) is -0.141. The van der Waals surface area contributed by atoms with Crippen molar-refractivity contribution in [2.24, 2.45) is 10.8 Å². The van der Waals surface area contributed by atoms with E-state index in [-0.39, 0.29) is 24.0 Å². The monoisotopic (exact) mass is 414 g/mol. The standard InChI is InChI=1S/C17H23BrN2O5/c1-16(2,3)11-8-17(4-6-19(7-5-17)15(23)24)14(22)20(11)10-9-25-13(21)12(10)18/h11H,4-9H2,1-3H3,(H,23,24). The molecule has 2 fully saturated rings. The molecular weight excluding hydrogens is 392 g/mol. The van der Waals surface area contributed by atoms with Crippen molar-refractivity contribution < 1.29 is 24.2 Å². The van der Waals surface area contributed by atoms with E-state index in [0.717, 1.165) is 0 Å². The predicted molar refractivity (Wildman–Crippen MR) is 92.9 cm³/mol. The maximum Gasteiger partial charge on any atom is 0.407 e. The predicted octanol–water partition coefficient (Wildman–Crippen LogP) is 2.56. The topological polar surface area (TPSA) is 87.2 Å². The molecule has 1 unspecified atom stereocenters. The van der Waals surface area contributed by atoms with Crippen LogP contribution in [0.15, 0.2) is 10.2 Å². The van der Waals surface area contributed by atoms with Crippen molar-refractivity contribution in [3.05, 3.63) is 10.2 Å². The van der Waals surface area contributed by atoms with Gasteiger partial charge in [0, 0.05) is 19.1 Å². The van der Waals surface area contributed by atoms with Crippen LogP contribution in [-0.4, -0.2) is 58.6 Å². The number of piperidine rings is 1. The lowest BCUT2D eigenvalue weighted by molar-refractivity contribution is -0.139. The number of rotatable bonds is 1. The molecule has 3 aliphatic heterocycles. The van der Waals surface area contributed by atoms with Crippen molar-refractivity contribution in [1.82, 2.24) is 9.80 Å². The minimum atomic E-state index is -0.940. The normalized spacial score (nSPS) is 26.6. The van der Waals surface area contributed by atoms with Gasteiger partial charge in [-0.05, 0) is 40.6 Å². The van der Waals surface area contributed by atoms with Crippen molar-refractivity contribution in [1.29, 1.82) is 0 Å². The molecular formula is C17H23BrN2O5. The van der Waals surface area contributed by atoms with Crippen LogP contribution in [-0.2, 0) is 14.3 Å². The third kappa shape index (κ3) is 2.94. The molecule has 1 spiro atoms. The van der Waals surface area contributed by atoms with Crippen LogP contribution in [0, 0.1) is 10.8 Å². The minimum absolute atomic E-state index is 0.0114. The van der Waals surface area contributed by atoms with Crippen LogP contribution in [0.1, 0.15) is 40.0 Å². The van der Waals surface area contributed by atoms with E-state index in [1.165, 1.54) is 4.90 Å². The maximum atomic E-state index is 13.4. The number of amides is 2. The molecule has 1 N–H and O–H groups in total. The van der Waals surface area contributed by atoms with Gasteiger partial charge in [0.1, 0.15) is 11.1 Å².